The molecule has 0 spiro atoms. The Morgan fingerprint density at radius 2 is 1.88 bits per heavy atom. The third-order valence-electron chi connectivity index (χ3n) is 6.03. The number of primary amides is 1. The molecule has 2 aromatic rings. The second-order valence-electron chi connectivity index (χ2n) is 8.45. The molecule has 1 aliphatic heterocycles. The molecule has 1 aliphatic carbocycles. The summed E-state index contributed by atoms with van der Waals surface area (Å²) in [6.45, 7) is 0.976. The Morgan fingerprint density at radius 1 is 1.18 bits per heavy atom. The molecule has 0 radical (unpaired) electrons. The van der Waals surface area contributed by atoms with Crippen LogP contribution in [-0.4, -0.2) is 41.2 Å². The van der Waals surface area contributed by atoms with Crippen LogP contribution >= 0.6 is 11.8 Å². The summed E-state index contributed by atoms with van der Waals surface area (Å²) in [4.78, 5) is 30.2. The van der Waals surface area contributed by atoms with Gasteiger partial charge in [-0.2, -0.15) is 10.5 Å². The van der Waals surface area contributed by atoms with Crippen molar-refractivity contribution >= 4 is 29.6 Å². The minimum Gasteiger partial charge on any atom is -0.465 e. The second kappa shape index (κ2) is 10.0. The SMILES string of the molecule is N#Cc1c(SC(C(N)=O)c2ccccc2)nc(N2CCCC(NC(=O)O)C2)c(C#N)c1C1CC1. The molecule has 0 bridgehead atoms. The van der Waals surface area contributed by atoms with Crippen LogP contribution in [0.2, 0.25) is 0 Å². The highest BCUT2D eigenvalue weighted by Crippen LogP contribution is 2.48. The molecule has 34 heavy (non-hydrogen) atoms. The zero-order chi connectivity index (χ0) is 24.2. The van der Waals surface area contributed by atoms with Crippen LogP contribution < -0.4 is 16.0 Å². The van der Waals surface area contributed by atoms with Gasteiger partial charge in [-0.3, -0.25) is 4.79 Å². The van der Waals surface area contributed by atoms with Crippen LogP contribution in [0.4, 0.5) is 10.6 Å². The van der Waals surface area contributed by atoms with Gasteiger partial charge in [0.25, 0.3) is 0 Å². The Bertz CT molecular complexity index is 1190. The first-order valence-corrected chi connectivity index (χ1v) is 11.9. The summed E-state index contributed by atoms with van der Waals surface area (Å²) in [5.41, 5.74) is 7.76. The average Bonchev–Trinajstić information content (AvgIpc) is 3.67. The van der Waals surface area contributed by atoms with Gasteiger partial charge < -0.3 is 21.1 Å². The standard InChI is InChI=1S/C24H24N6O3S/c25-11-17-19(14-8-9-14)18(12-26)23(34-20(21(27)31)15-5-2-1-3-6-15)29-22(17)30-10-4-7-16(13-30)28-24(32)33/h1-3,5-6,14,16,20,28H,4,7-10,13H2,(H2,27,31)(H,32,33). The summed E-state index contributed by atoms with van der Waals surface area (Å²) < 4.78 is 0. The van der Waals surface area contributed by atoms with Crippen molar-refractivity contribution in [1.29, 1.82) is 10.5 Å². The van der Waals surface area contributed by atoms with Gasteiger partial charge >= 0.3 is 6.09 Å². The topological polar surface area (TPSA) is 156 Å². The van der Waals surface area contributed by atoms with Gasteiger partial charge in [0, 0.05) is 19.1 Å². The van der Waals surface area contributed by atoms with Gasteiger partial charge in [-0.05, 0) is 42.7 Å². The summed E-state index contributed by atoms with van der Waals surface area (Å²) >= 11 is 1.12. The molecule has 10 heteroatoms. The Kier molecular flexibility index (Phi) is 6.90. The van der Waals surface area contributed by atoms with Gasteiger partial charge in [-0.25, -0.2) is 9.78 Å². The fourth-order valence-corrected chi connectivity index (χ4v) is 5.42. The van der Waals surface area contributed by atoms with E-state index in [1.807, 2.05) is 23.1 Å². The van der Waals surface area contributed by atoms with Crippen molar-refractivity contribution in [3.63, 3.8) is 0 Å². The molecule has 4 N–H and O–H groups in total. The van der Waals surface area contributed by atoms with Crippen molar-refractivity contribution < 1.29 is 14.7 Å². The Hall–Kier alpha value is -3.76. The number of amides is 2. The van der Waals surface area contributed by atoms with Crippen molar-refractivity contribution in [2.24, 2.45) is 5.73 Å². The minimum absolute atomic E-state index is 0.0897. The number of carboxylic acid groups (broad SMARTS) is 1. The third-order valence-corrected chi connectivity index (χ3v) is 7.29. The first-order valence-electron chi connectivity index (χ1n) is 11.1. The van der Waals surface area contributed by atoms with Gasteiger partial charge in [-0.15, -0.1) is 0 Å². The fraction of sp³-hybridized carbons (Fsp3) is 0.375. The van der Waals surface area contributed by atoms with Gasteiger partial charge in [0.1, 0.15) is 28.2 Å². The van der Waals surface area contributed by atoms with Crippen molar-refractivity contribution in [2.45, 2.75) is 47.9 Å². The lowest BCUT2D eigenvalue weighted by molar-refractivity contribution is -0.117. The molecule has 9 nitrogen and oxygen atoms in total. The first-order chi connectivity index (χ1) is 16.4. The number of nitrogens with one attached hydrogen (secondary N) is 1. The number of rotatable bonds is 7. The number of benzene rings is 1. The van der Waals surface area contributed by atoms with Crippen molar-refractivity contribution in [3.8, 4) is 12.1 Å². The van der Waals surface area contributed by atoms with E-state index in [4.69, 9.17) is 15.8 Å². The second-order valence-corrected chi connectivity index (χ2v) is 9.54. The quantitative estimate of drug-likeness (QED) is 0.514. The first kappa shape index (κ1) is 23.4. The van der Waals surface area contributed by atoms with Crippen LogP contribution in [0, 0.1) is 22.7 Å². The minimum atomic E-state index is -1.10. The highest BCUT2D eigenvalue weighted by atomic mass is 32.2. The number of pyridine rings is 1. The van der Waals surface area contributed by atoms with E-state index in [0.29, 0.717) is 52.6 Å². The maximum Gasteiger partial charge on any atom is 0.404 e. The van der Waals surface area contributed by atoms with E-state index in [-0.39, 0.29) is 12.0 Å². The maximum atomic E-state index is 12.4. The van der Waals surface area contributed by atoms with Crippen LogP contribution in [0.1, 0.15) is 59.1 Å². The molecule has 2 amide bonds. The molecule has 174 valence electrons. The van der Waals surface area contributed by atoms with E-state index in [1.165, 1.54) is 0 Å². The van der Waals surface area contributed by atoms with E-state index in [2.05, 4.69) is 17.5 Å². The van der Waals surface area contributed by atoms with Gasteiger partial charge in [0.15, 0.2) is 0 Å². The van der Waals surface area contributed by atoms with Gasteiger partial charge in [-0.1, -0.05) is 42.1 Å². The molecule has 1 saturated carbocycles. The lowest BCUT2D eigenvalue weighted by Crippen LogP contribution is -2.48. The molecule has 1 aromatic carbocycles. The van der Waals surface area contributed by atoms with E-state index < -0.39 is 17.3 Å². The number of nitrogens with zero attached hydrogens (tertiary/aromatic N) is 4. The van der Waals surface area contributed by atoms with Gasteiger partial charge in [0.05, 0.1) is 11.1 Å². The summed E-state index contributed by atoms with van der Waals surface area (Å²) in [5.74, 6) is -0.0320. The van der Waals surface area contributed by atoms with Crippen LogP contribution in [0.5, 0.6) is 0 Å². The predicted octanol–water partition coefficient (Wildman–Crippen LogP) is 3.26. The highest BCUT2D eigenvalue weighted by molar-refractivity contribution is 8.00. The highest BCUT2D eigenvalue weighted by Gasteiger charge is 2.36. The van der Waals surface area contributed by atoms with Crippen molar-refractivity contribution in [1.82, 2.24) is 10.3 Å². The van der Waals surface area contributed by atoms with Gasteiger partial charge in [0.2, 0.25) is 5.91 Å². The average molecular weight is 477 g/mol. The zero-order valence-electron chi connectivity index (χ0n) is 18.4. The van der Waals surface area contributed by atoms with Crippen LogP contribution in [0.3, 0.4) is 0 Å². The van der Waals surface area contributed by atoms with Crippen LogP contribution in [-0.2, 0) is 4.79 Å². The lowest BCUT2D eigenvalue weighted by atomic mass is 9.98. The monoisotopic (exact) mass is 476 g/mol. The molecule has 2 fully saturated rings. The normalized spacial score (nSPS) is 18.4. The predicted molar refractivity (Wildman–Crippen MR) is 126 cm³/mol. The molecule has 2 aliphatic rings. The number of hydrogen-bond donors (Lipinski definition) is 3. The molecule has 1 saturated heterocycles. The van der Waals surface area contributed by atoms with E-state index in [1.54, 1.807) is 12.1 Å². The van der Waals surface area contributed by atoms with E-state index in [9.17, 15) is 20.1 Å². The largest absolute Gasteiger partial charge is 0.465 e. The lowest BCUT2D eigenvalue weighted by Gasteiger charge is -2.34. The van der Waals surface area contributed by atoms with Crippen LogP contribution in [0.25, 0.3) is 0 Å². The number of piperidine rings is 1. The molecule has 2 unspecified atom stereocenters. The smallest absolute Gasteiger partial charge is 0.404 e. The number of nitrogens with two attached hydrogens (primary N) is 1. The number of nitriles is 2. The third kappa shape index (κ3) is 4.92. The number of carbonyl (C=O) groups excluding carboxylic acids is 1. The summed E-state index contributed by atoms with van der Waals surface area (Å²) in [6.07, 6.45) is 2.07. The van der Waals surface area contributed by atoms with Crippen molar-refractivity contribution in [2.75, 3.05) is 18.0 Å². The van der Waals surface area contributed by atoms with E-state index >= 15 is 0 Å². The fourth-order valence-electron chi connectivity index (χ4n) is 4.37. The molecule has 4 rings (SSSR count). The number of anilines is 1. The maximum absolute atomic E-state index is 12.4. The number of aromatic nitrogens is 1. The zero-order valence-corrected chi connectivity index (χ0v) is 19.2. The van der Waals surface area contributed by atoms with E-state index in [0.717, 1.165) is 31.0 Å². The number of hydrogen-bond acceptors (Lipinski definition) is 7. The number of thioether (sulfide) groups is 1. The van der Waals surface area contributed by atoms with Crippen molar-refractivity contribution in [3.05, 3.63) is 52.6 Å². The summed E-state index contributed by atoms with van der Waals surface area (Å²) in [7, 11) is 0. The molecule has 1 aromatic heterocycles. The molecule has 2 atom stereocenters. The molecular formula is C24H24N6O3S. The Balaban J connectivity index is 1.80. The number of carbonyl (C=O) groups is 2. The molecular weight excluding hydrogens is 452 g/mol. The Labute approximate surface area is 201 Å². The molecule has 2 heterocycles. The Morgan fingerprint density at radius 3 is 2.47 bits per heavy atom. The summed E-state index contributed by atoms with van der Waals surface area (Å²) in [5, 5.41) is 31.4. The van der Waals surface area contributed by atoms with Crippen LogP contribution in [0.15, 0.2) is 35.4 Å². The summed E-state index contributed by atoms with van der Waals surface area (Å²) in [6, 6.07) is 13.3.